The van der Waals surface area contributed by atoms with E-state index in [0.29, 0.717) is 12.6 Å². The predicted molar refractivity (Wildman–Crippen MR) is 88.0 cm³/mol. The topological polar surface area (TPSA) is 50.6 Å². The molecule has 3 rings (SSSR count). The molecule has 6 heteroatoms. The standard InChI is InChI=1S/C17H28N4O2/c1-13-17-18-10-15(11-23-12-16(22)19(2)3)21(17)9-8-20(13)14-6-4-5-7-14/h10,13-14H,4-9,11-12H2,1-3H3/t13-/m1/s1. The molecule has 1 amide bonds. The van der Waals surface area contributed by atoms with Crippen LogP contribution in [0, 0.1) is 0 Å². The monoisotopic (exact) mass is 320 g/mol. The fourth-order valence-electron chi connectivity index (χ4n) is 3.80. The van der Waals surface area contributed by atoms with Crippen molar-refractivity contribution >= 4 is 5.91 Å². The number of carbonyl (C=O) groups excluding carboxylic acids is 1. The summed E-state index contributed by atoms with van der Waals surface area (Å²) in [7, 11) is 3.48. The zero-order chi connectivity index (χ0) is 16.4. The summed E-state index contributed by atoms with van der Waals surface area (Å²) in [6, 6.07) is 1.09. The van der Waals surface area contributed by atoms with Crippen LogP contribution in [-0.4, -0.2) is 58.5 Å². The number of likely N-dealkylation sites (N-methyl/N-ethyl adjacent to an activating group) is 1. The quantitative estimate of drug-likeness (QED) is 0.830. The molecule has 0 spiro atoms. The first-order valence-corrected chi connectivity index (χ1v) is 8.66. The number of carbonyl (C=O) groups is 1. The number of rotatable bonds is 5. The first kappa shape index (κ1) is 16.5. The van der Waals surface area contributed by atoms with Crippen molar-refractivity contribution in [2.24, 2.45) is 0 Å². The molecule has 1 saturated carbocycles. The molecule has 128 valence electrons. The Balaban J connectivity index is 1.62. The van der Waals surface area contributed by atoms with E-state index in [1.54, 1.807) is 19.0 Å². The number of nitrogens with zero attached hydrogens (tertiary/aromatic N) is 4. The number of aromatic nitrogens is 2. The molecule has 0 bridgehead atoms. The van der Waals surface area contributed by atoms with E-state index in [9.17, 15) is 4.79 Å². The maximum absolute atomic E-state index is 11.6. The van der Waals surface area contributed by atoms with Crippen molar-refractivity contribution in [2.75, 3.05) is 27.2 Å². The molecular formula is C17H28N4O2. The average Bonchev–Trinajstić information content (AvgIpc) is 3.17. The van der Waals surface area contributed by atoms with Crippen molar-refractivity contribution in [3.8, 4) is 0 Å². The lowest BCUT2D eigenvalue weighted by Gasteiger charge is -2.38. The molecule has 1 aliphatic carbocycles. The van der Waals surface area contributed by atoms with Gasteiger partial charge in [0.1, 0.15) is 12.4 Å². The third kappa shape index (κ3) is 3.43. The lowest BCUT2D eigenvalue weighted by Crippen LogP contribution is -2.43. The zero-order valence-corrected chi connectivity index (χ0v) is 14.5. The van der Waals surface area contributed by atoms with E-state index >= 15 is 0 Å². The zero-order valence-electron chi connectivity index (χ0n) is 14.5. The summed E-state index contributed by atoms with van der Waals surface area (Å²) < 4.78 is 7.84. The van der Waals surface area contributed by atoms with Crippen LogP contribution in [0.5, 0.6) is 0 Å². The summed E-state index contributed by atoms with van der Waals surface area (Å²) in [4.78, 5) is 20.4. The Morgan fingerprint density at radius 3 is 2.78 bits per heavy atom. The van der Waals surface area contributed by atoms with Gasteiger partial charge >= 0.3 is 0 Å². The van der Waals surface area contributed by atoms with Gasteiger partial charge < -0.3 is 14.2 Å². The summed E-state index contributed by atoms with van der Waals surface area (Å²) in [5.74, 6) is 1.13. The largest absolute Gasteiger partial charge is 0.365 e. The van der Waals surface area contributed by atoms with Crippen molar-refractivity contribution in [2.45, 2.75) is 57.8 Å². The molecule has 1 aromatic heterocycles. The van der Waals surface area contributed by atoms with Crippen LogP contribution in [0.3, 0.4) is 0 Å². The second kappa shape index (κ2) is 7.01. The van der Waals surface area contributed by atoms with Crippen LogP contribution < -0.4 is 0 Å². The normalized spacial score (nSPS) is 22.3. The van der Waals surface area contributed by atoms with Crippen molar-refractivity contribution in [3.05, 3.63) is 17.7 Å². The Morgan fingerprint density at radius 1 is 1.35 bits per heavy atom. The summed E-state index contributed by atoms with van der Waals surface area (Å²) in [6.45, 7) is 4.88. The maximum Gasteiger partial charge on any atom is 0.248 e. The fourth-order valence-corrected chi connectivity index (χ4v) is 3.80. The van der Waals surface area contributed by atoms with Gasteiger partial charge in [-0.3, -0.25) is 9.69 Å². The number of hydrogen-bond donors (Lipinski definition) is 0. The van der Waals surface area contributed by atoms with Crippen molar-refractivity contribution < 1.29 is 9.53 Å². The lowest BCUT2D eigenvalue weighted by atomic mass is 10.1. The molecule has 0 unspecified atom stereocenters. The minimum absolute atomic E-state index is 0.0100. The van der Waals surface area contributed by atoms with Gasteiger partial charge in [0.2, 0.25) is 5.91 Å². The van der Waals surface area contributed by atoms with Crippen LogP contribution >= 0.6 is 0 Å². The Bertz CT molecular complexity index is 549. The highest BCUT2D eigenvalue weighted by Crippen LogP contribution is 2.33. The number of amides is 1. The minimum Gasteiger partial charge on any atom is -0.365 e. The third-order valence-corrected chi connectivity index (χ3v) is 5.19. The Labute approximate surface area is 138 Å². The molecule has 1 atom stereocenters. The molecule has 0 saturated heterocycles. The molecular weight excluding hydrogens is 292 g/mol. The second-order valence-corrected chi connectivity index (χ2v) is 6.89. The predicted octanol–water partition coefficient (Wildman–Crippen LogP) is 1.81. The molecule has 23 heavy (non-hydrogen) atoms. The average molecular weight is 320 g/mol. The van der Waals surface area contributed by atoms with Gasteiger partial charge in [-0.05, 0) is 19.8 Å². The SMILES string of the molecule is C[C@@H]1c2ncc(COCC(=O)N(C)C)n2CCN1C1CCCC1. The third-order valence-electron chi connectivity index (χ3n) is 5.19. The van der Waals surface area contributed by atoms with Crippen LogP contribution in [0.1, 0.15) is 50.2 Å². The molecule has 1 fully saturated rings. The van der Waals surface area contributed by atoms with Gasteiger partial charge in [0.25, 0.3) is 0 Å². The highest BCUT2D eigenvalue weighted by atomic mass is 16.5. The first-order chi connectivity index (χ1) is 11.1. The Hall–Kier alpha value is -1.40. The minimum atomic E-state index is -0.0100. The van der Waals surface area contributed by atoms with Gasteiger partial charge in [0.05, 0.1) is 24.5 Å². The molecule has 2 heterocycles. The molecule has 0 radical (unpaired) electrons. The Morgan fingerprint density at radius 2 is 2.09 bits per heavy atom. The van der Waals surface area contributed by atoms with Gasteiger partial charge in [0.15, 0.2) is 0 Å². The molecule has 1 aromatic rings. The first-order valence-electron chi connectivity index (χ1n) is 8.66. The van der Waals surface area contributed by atoms with Gasteiger partial charge in [-0.1, -0.05) is 12.8 Å². The van der Waals surface area contributed by atoms with E-state index in [0.717, 1.165) is 30.6 Å². The van der Waals surface area contributed by atoms with Gasteiger partial charge in [-0.25, -0.2) is 4.98 Å². The highest BCUT2D eigenvalue weighted by Gasteiger charge is 2.32. The van der Waals surface area contributed by atoms with Crippen LogP contribution in [-0.2, 0) is 22.7 Å². The Kier molecular flexibility index (Phi) is 5.02. The van der Waals surface area contributed by atoms with Crippen LogP contribution in [0.15, 0.2) is 6.20 Å². The molecule has 2 aliphatic rings. The van der Waals surface area contributed by atoms with Crippen LogP contribution in [0.25, 0.3) is 0 Å². The second-order valence-electron chi connectivity index (χ2n) is 6.89. The van der Waals surface area contributed by atoms with E-state index in [2.05, 4.69) is 21.4 Å². The van der Waals surface area contributed by atoms with E-state index in [1.807, 2.05) is 6.20 Å². The van der Waals surface area contributed by atoms with Crippen molar-refractivity contribution in [1.29, 1.82) is 0 Å². The smallest absolute Gasteiger partial charge is 0.248 e. The molecule has 1 aliphatic heterocycles. The van der Waals surface area contributed by atoms with E-state index in [1.165, 1.54) is 25.7 Å². The summed E-state index contributed by atoms with van der Waals surface area (Å²) in [6.07, 6.45) is 7.29. The number of imidazole rings is 1. The van der Waals surface area contributed by atoms with E-state index in [4.69, 9.17) is 4.74 Å². The number of ether oxygens (including phenoxy) is 1. The maximum atomic E-state index is 11.6. The van der Waals surface area contributed by atoms with Crippen LogP contribution in [0.2, 0.25) is 0 Å². The molecule has 0 N–H and O–H groups in total. The van der Waals surface area contributed by atoms with Crippen LogP contribution in [0.4, 0.5) is 0 Å². The fraction of sp³-hybridized carbons (Fsp3) is 0.765. The highest BCUT2D eigenvalue weighted by molar-refractivity contribution is 5.76. The van der Waals surface area contributed by atoms with Gasteiger partial charge in [-0.15, -0.1) is 0 Å². The summed E-state index contributed by atoms with van der Waals surface area (Å²) in [5.41, 5.74) is 1.07. The summed E-state index contributed by atoms with van der Waals surface area (Å²) in [5, 5.41) is 0. The molecule has 6 nitrogen and oxygen atoms in total. The lowest BCUT2D eigenvalue weighted by molar-refractivity contribution is -0.134. The van der Waals surface area contributed by atoms with Crippen molar-refractivity contribution in [1.82, 2.24) is 19.4 Å². The van der Waals surface area contributed by atoms with Gasteiger partial charge in [-0.2, -0.15) is 0 Å². The van der Waals surface area contributed by atoms with Gasteiger partial charge in [0, 0.05) is 33.2 Å². The number of fused-ring (bicyclic) bond motifs is 1. The summed E-state index contributed by atoms with van der Waals surface area (Å²) >= 11 is 0. The molecule has 0 aromatic carbocycles. The van der Waals surface area contributed by atoms with E-state index in [-0.39, 0.29) is 12.5 Å². The van der Waals surface area contributed by atoms with E-state index < -0.39 is 0 Å². The number of hydrogen-bond acceptors (Lipinski definition) is 4. The van der Waals surface area contributed by atoms with Crippen molar-refractivity contribution in [3.63, 3.8) is 0 Å².